The van der Waals surface area contributed by atoms with Gasteiger partial charge in [-0.15, -0.1) is 0 Å². The van der Waals surface area contributed by atoms with Crippen molar-refractivity contribution in [3.63, 3.8) is 0 Å². The molecule has 0 atom stereocenters. The van der Waals surface area contributed by atoms with Crippen LogP contribution >= 0.6 is 15.9 Å². The molecule has 122 valence electrons. The maximum absolute atomic E-state index is 3.49. The minimum absolute atomic E-state index is 1.15. The van der Waals surface area contributed by atoms with Crippen LogP contribution in [0.15, 0.2) is 59.1 Å². The average molecular weight is 373 g/mol. The van der Waals surface area contributed by atoms with Crippen LogP contribution in [0.5, 0.6) is 0 Å². The van der Waals surface area contributed by atoms with Gasteiger partial charge in [0.15, 0.2) is 0 Å². The van der Waals surface area contributed by atoms with E-state index in [1.807, 2.05) is 0 Å². The molecule has 0 aromatic heterocycles. The van der Waals surface area contributed by atoms with Crippen LogP contribution in [0, 0.1) is 0 Å². The van der Waals surface area contributed by atoms with E-state index in [0.29, 0.717) is 0 Å². The number of hydrogen-bond acceptors (Lipinski definition) is 2. The molecule has 0 saturated carbocycles. The average Bonchev–Trinajstić information content (AvgIpc) is 2.62. The molecule has 1 saturated heterocycles. The Morgan fingerprint density at radius 3 is 2.17 bits per heavy atom. The summed E-state index contributed by atoms with van der Waals surface area (Å²) in [6.45, 7) is 5.91. The number of aryl methyl sites for hydroxylation is 1. The zero-order valence-corrected chi connectivity index (χ0v) is 15.2. The zero-order chi connectivity index (χ0) is 15.9. The highest BCUT2D eigenvalue weighted by molar-refractivity contribution is 9.10. The summed E-state index contributed by atoms with van der Waals surface area (Å²) in [6.07, 6.45) is 3.76. The van der Waals surface area contributed by atoms with E-state index in [9.17, 15) is 0 Å². The molecule has 2 nitrogen and oxygen atoms in total. The number of rotatable bonds is 6. The molecule has 3 heteroatoms. The van der Waals surface area contributed by atoms with Crippen molar-refractivity contribution in [1.82, 2.24) is 4.90 Å². The maximum Gasteiger partial charge on any atom is 0.0367 e. The first-order valence-corrected chi connectivity index (χ1v) is 9.37. The summed E-state index contributed by atoms with van der Waals surface area (Å²) in [4.78, 5) is 5.11. The van der Waals surface area contributed by atoms with Gasteiger partial charge in [0.1, 0.15) is 0 Å². The van der Waals surface area contributed by atoms with E-state index in [1.54, 1.807) is 0 Å². The third-order valence-electron chi connectivity index (χ3n) is 4.60. The van der Waals surface area contributed by atoms with E-state index in [4.69, 9.17) is 0 Å². The van der Waals surface area contributed by atoms with Crippen molar-refractivity contribution >= 4 is 21.6 Å². The molecule has 3 rings (SSSR count). The molecule has 0 amide bonds. The first-order valence-electron chi connectivity index (χ1n) is 8.58. The fourth-order valence-corrected chi connectivity index (χ4v) is 3.45. The molecule has 0 unspecified atom stereocenters. The summed E-state index contributed by atoms with van der Waals surface area (Å²) in [6, 6.07) is 19.5. The van der Waals surface area contributed by atoms with Crippen LogP contribution in [0.4, 0.5) is 5.69 Å². The number of anilines is 1. The lowest BCUT2D eigenvalue weighted by Crippen LogP contribution is -2.46. The third kappa shape index (κ3) is 5.08. The van der Waals surface area contributed by atoms with Crippen LogP contribution in [-0.2, 0) is 6.42 Å². The van der Waals surface area contributed by atoms with Gasteiger partial charge in [0, 0.05) is 36.3 Å². The van der Waals surface area contributed by atoms with Gasteiger partial charge in [-0.05, 0) is 55.6 Å². The second kappa shape index (κ2) is 8.51. The van der Waals surface area contributed by atoms with Crippen LogP contribution in [0.25, 0.3) is 0 Å². The van der Waals surface area contributed by atoms with Crippen molar-refractivity contribution < 1.29 is 0 Å². The SMILES string of the molecule is Brc1ccc(CCCCN2CCN(c3ccccc3)CC2)cc1. The summed E-state index contributed by atoms with van der Waals surface area (Å²) in [5.41, 5.74) is 2.81. The maximum atomic E-state index is 3.49. The third-order valence-corrected chi connectivity index (χ3v) is 5.13. The predicted octanol–water partition coefficient (Wildman–Crippen LogP) is 4.59. The lowest BCUT2D eigenvalue weighted by molar-refractivity contribution is 0.253. The minimum atomic E-state index is 1.15. The quantitative estimate of drug-likeness (QED) is 0.683. The molecular formula is C20H25BrN2. The van der Waals surface area contributed by atoms with Crippen LogP contribution in [-0.4, -0.2) is 37.6 Å². The van der Waals surface area contributed by atoms with Crippen molar-refractivity contribution in [2.45, 2.75) is 19.3 Å². The monoisotopic (exact) mass is 372 g/mol. The standard InChI is InChI=1S/C20H25BrN2/c21-19-11-9-18(10-12-19)6-4-5-13-22-14-16-23(17-15-22)20-7-2-1-3-8-20/h1-3,7-12H,4-6,13-17H2. The van der Waals surface area contributed by atoms with Gasteiger partial charge in [-0.25, -0.2) is 0 Å². The topological polar surface area (TPSA) is 6.48 Å². The fraction of sp³-hybridized carbons (Fsp3) is 0.400. The fourth-order valence-electron chi connectivity index (χ4n) is 3.18. The van der Waals surface area contributed by atoms with Crippen molar-refractivity contribution in [3.05, 3.63) is 64.6 Å². The van der Waals surface area contributed by atoms with Crippen LogP contribution in [0.1, 0.15) is 18.4 Å². The molecular weight excluding hydrogens is 348 g/mol. The molecule has 1 fully saturated rings. The lowest BCUT2D eigenvalue weighted by Gasteiger charge is -2.36. The van der Waals surface area contributed by atoms with Crippen LogP contribution in [0.2, 0.25) is 0 Å². The van der Waals surface area contributed by atoms with Gasteiger partial charge in [-0.2, -0.15) is 0 Å². The minimum Gasteiger partial charge on any atom is -0.369 e. The molecule has 2 aromatic carbocycles. The Labute approximate surface area is 148 Å². The highest BCUT2D eigenvalue weighted by Gasteiger charge is 2.16. The highest BCUT2D eigenvalue weighted by atomic mass is 79.9. The Hall–Kier alpha value is -1.32. The molecule has 1 aliphatic rings. The normalized spacial score (nSPS) is 15.8. The number of unbranched alkanes of at least 4 members (excludes halogenated alkanes) is 1. The Bertz CT molecular complexity index is 574. The molecule has 23 heavy (non-hydrogen) atoms. The smallest absolute Gasteiger partial charge is 0.0367 e. The van der Waals surface area contributed by atoms with Gasteiger partial charge in [0.25, 0.3) is 0 Å². The van der Waals surface area contributed by atoms with Gasteiger partial charge in [-0.1, -0.05) is 46.3 Å². The molecule has 0 bridgehead atoms. The zero-order valence-electron chi connectivity index (χ0n) is 13.6. The highest BCUT2D eigenvalue weighted by Crippen LogP contribution is 2.16. The number of halogens is 1. The Balaban J connectivity index is 1.34. The Morgan fingerprint density at radius 2 is 1.48 bits per heavy atom. The van der Waals surface area contributed by atoms with Crippen molar-refractivity contribution in [3.8, 4) is 0 Å². The first kappa shape index (κ1) is 16.5. The Kier molecular flexibility index (Phi) is 6.12. The van der Waals surface area contributed by atoms with E-state index in [0.717, 1.165) is 17.6 Å². The second-order valence-electron chi connectivity index (χ2n) is 6.25. The lowest BCUT2D eigenvalue weighted by atomic mass is 10.1. The van der Waals surface area contributed by atoms with Gasteiger partial charge >= 0.3 is 0 Å². The van der Waals surface area contributed by atoms with Gasteiger partial charge < -0.3 is 4.90 Å². The van der Waals surface area contributed by atoms with Gasteiger partial charge in [-0.3, -0.25) is 4.90 Å². The van der Waals surface area contributed by atoms with Gasteiger partial charge in [0.2, 0.25) is 0 Å². The molecule has 1 heterocycles. The molecule has 0 spiro atoms. The number of hydrogen-bond donors (Lipinski definition) is 0. The Morgan fingerprint density at radius 1 is 0.783 bits per heavy atom. The number of benzene rings is 2. The molecule has 0 aliphatic carbocycles. The summed E-state index contributed by atoms with van der Waals surface area (Å²) in [7, 11) is 0. The summed E-state index contributed by atoms with van der Waals surface area (Å²) in [5.74, 6) is 0. The number of nitrogens with zero attached hydrogens (tertiary/aromatic N) is 2. The largest absolute Gasteiger partial charge is 0.369 e. The molecule has 0 radical (unpaired) electrons. The van der Waals surface area contributed by atoms with Gasteiger partial charge in [0.05, 0.1) is 0 Å². The molecule has 1 aliphatic heterocycles. The van der Waals surface area contributed by atoms with Crippen molar-refractivity contribution in [2.75, 3.05) is 37.6 Å². The van der Waals surface area contributed by atoms with E-state index in [1.165, 1.54) is 50.1 Å². The van der Waals surface area contributed by atoms with E-state index >= 15 is 0 Å². The van der Waals surface area contributed by atoms with Crippen molar-refractivity contribution in [2.24, 2.45) is 0 Å². The predicted molar refractivity (Wildman–Crippen MR) is 102 cm³/mol. The van der Waals surface area contributed by atoms with Crippen molar-refractivity contribution in [1.29, 1.82) is 0 Å². The van der Waals surface area contributed by atoms with Crippen LogP contribution in [0.3, 0.4) is 0 Å². The summed E-state index contributed by atoms with van der Waals surface area (Å²) < 4.78 is 1.16. The van der Waals surface area contributed by atoms with E-state index in [2.05, 4.69) is 80.3 Å². The van der Waals surface area contributed by atoms with E-state index in [-0.39, 0.29) is 0 Å². The van der Waals surface area contributed by atoms with Crippen LogP contribution < -0.4 is 4.90 Å². The number of para-hydroxylation sites is 1. The first-order chi connectivity index (χ1) is 11.3. The van der Waals surface area contributed by atoms with E-state index < -0.39 is 0 Å². The molecule has 2 aromatic rings. The summed E-state index contributed by atoms with van der Waals surface area (Å²) >= 11 is 3.49. The molecule has 0 N–H and O–H groups in total. The second-order valence-corrected chi connectivity index (χ2v) is 7.16. The summed E-state index contributed by atoms with van der Waals surface area (Å²) in [5, 5.41) is 0. The number of piperazine rings is 1.